The van der Waals surface area contributed by atoms with Crippen LogP contribution >= 0.6 is 0 Å². The van der Waals surface area contributed by atoms with Gasteiger partial charge in [0.2, 0.25) is 20.0 Å². The Morgan fingerprint density at radius 2 is 1.22 bits per heavy atom. The van der Waals surface area contributed by atoms with Crippen LogP contribution in [-0.2, 0) is 33.1 Å². The Kier molecular flexibility index (Phi) is 7.19. The van der Waals surface area contributed by atoms with E-state index < -0.39 is 20.0 Å². The van der Waals surface area contributed by atoms with Crippen LogP contribution in [0.2, 0.25) is 0 Å². The van der Waals surface area contributed by atoms with Gasteiger partial charge in [0.25, 0.3) is 0 Å². The van der Waals surface area contributed by atoms with E-state index in [1.807, 2.05) is 44.2 Å². The van der Waals surface area contributed by atoms with Gasteiger partial charge < -0.3 is 0 Å². The van der Waals surface area contributed by atoms with E-state index in [4.69, 9.17) is 0 Å². The first-order valence-corrected chi connectivity index (χ1v) is 13.0. The van der Waals surface area contributed by atoms with Gasteiger partial charge in [0.05, 0.1) is 9.79 Å². The molecule has 32 heavy (non-hydrogen) atoms. The monoisotopic (exact) mass is 472 g/mol. The molecule has 0 spiro atoms. The van der Waals surface area contributed by atoms with E-state index >= 15 is 0 Å². The number of rotatable bonds is 8. The third kappa shape index (κ3) is 5.27. The highest BCUT2D eigenvalue weighted by Crippen LogP contribution is 2.24. The van der Waals surface area contributed by atoms with Gasteiger partial charge >= 0.3 is 0 Å². The normalized spacial score (nSPS) is 12.4. The Hall–Kier alpha value is -2.52. The zero-order chi connectivity index (χ0) is 23.5. The van der Waals surface area contributed by atoms with Crippen molar-refractivity contribution in [2.75, 3.05) is 14.1 Å². The van der Waals surface area contributed by atoms with Crippen LogP contribution in [0.4, 0.5) is 0 Å². The van der Waals surface area contributed by atoms with Crippen molar-refractivity contribution in [3.8, 4) is 0 Å². The predicted octanol–water partition coefficient (Wildman–Crippen LogP) is 3.94. The highest BCUT2D eigenvalue weighted by atomic mass is 32.2. The van der Waals surface area contributed by atoms with Crippen molar-refractivity contribution in [3.05, 3.63) is 95.1 Å². The number of hydrogen-bond donors (Lipinski definition) is 0. The molecule has 0 aliphatic carbocycles. The highest BCUT2D eigenvalue weighted by Gasteiger charge is 2.26. The summed E-state index contributed by atoms with van der Waals surface area (Å²) in [5.74, 6) is 0. The Balaban J connectivity index is 2.03. The van der Waals surface area contributed by atoms with Crippen LogP contribution in [0.3, 0.4) is 0 Å². The summed E-state index contributed by atoms with van der Waals surface area (Å²) in [7, 11) is -4.52. The van der Waals surface area contributed by atoms with Crippen LogP contribution in [0.5, 0.6) is 0 Å². The van der Waals surface area contributed by atoms with Crippen molar-refractivity contribution in [1.82, 2.24) is 8.61 Å². The fourth-order valence-electron chi connectivity index (χ4n) is 3.26. The summed E-state index contributed by atoms with van der Waals surface area (Å²) >= 11 is 0. The molecule has 3 aromatic carbocycles. The molecule has 0 N–H and O–H groups in total. The molecule has 0 fully saturated rings. The van der Waals surface area contributed by atoms with Gasteiger partial charge in [0.1, 0.15) is 0 Å². The fourth-order valence-corrected chi connectivity index (χ4v) is 5.73. The topological polar surface area (TPSA) is 74.8 Å². The van der Waals surface area contributed by atoms with Gasteiger partial charge in [0, 0.05) is 27.2 Å². The van der Waals surface area contributed by atoms with Gasteiger partial charge in [-0.1, -0.05) is 48.5 Å². The van der Waals surface area contributed by atoms with E-state index in [1.54, 1.807) is 30.3 Å². The molecule has 6 nitrogen and oxygen atoms in total. The molecule has 0 radical (unpaired) electrons. The summed E-state index contributed by atoms with van der Waals surface area (Å²) in [6.07, 6.45) is 0. The summed E-state index contributed by atoms with van der Waals surface area (Å²) in [6, 6.07) is 20.8. The van der Waals surface area contributed by atoms with Crippen molar-refractivity contribution < 1.29 is 16.8 Å². The highest BCUT2D eigenvalue weighted by molar-refractivity contribution is 7.89. The molecular weight excluding hydrogens is 444 g/mol. The second kappa shape index (κ2) is 9.54. The van der Waals surface area contributed by atoms with Crippen LogP contribution in [0, 0.1) is 13.8 Å². The summed E-state index contributed by atoms with van der Waals surface area (Å²) in [4.78, 5) is 0.344. The van der Waals surface area contributed by atoms with E-state index in [-0.39, 0.29) is 22.9 Å². The molecule has 0 saturated heterocycles. The Morgan fingerprint density at radius 3 is 1.84 bits per heavy atom. The predicted molar refractivity (Wildman–Crippen MR) is 126 cm³/mol. The molecule has 8 heteroatoms. The van der Waals surface area contributed by atoms with Crippen LogP contribution in [0.1, 0.15) is 22.3 Å². The van der Waals surface area contributed by atoms with Gasteiger partial charge in [-0.15, -0.1) is 0 Å². The average Bonchev–Trinajstić information content (AvgIpc) is 2.76. The molecule has 3 rings (SSSR count). The van der Waals surface area contributed by atoms with Gasteiger partial charge in [0.15, 0.2) is 0 Å². The quantitative estimate of drug-likeness (QED) is 0.498. The van der Waals surface area contributed by atoms with E-state index in [9.17, 15) is 16.8 Å². The molecular formula is C24H28N2O4S2. The molecule has 0 aliphatic heterocycles. The SMILES string of the molecule is Cc1ccc(S(=O)(=O)N(Cc2ccccc2)Cc2cccc(S(=O)(=O)N(C)C)c2)cc1C. The van der Waals surface area contributed by atoms with Crippen molar-refractivity contribution in [1.29, 1.82) is 0 Å². The molecule has 0 saturated carbocycles. The molecule has 0 atom stereocenters. The fraction of sp³-hybridized carbons (Fsp3) is 0.250. The molecule has 3 aromatic rings. The summed E-state index contributed by atoms with van der Waals surface area (Å²) < 4.78 is 54.8. The van der Waals surface area contributed by atoms with E-state index in [2.05, 4.69) is 0 Å². The van der Waals surface area contributed by atoms with Crippen LogP contribution in [0.25, 0.3) is 0 Å². The largest absolute Gasteiger partial charge is 0.243 e. The first kappa shape index (κ1) is 24.1. The number of aryl methyl sites for hydroxylation is 2. The first-order valence-electron chi connectivity index (χ1n) is 10.1. The lowest BCUT2D eigenvalue weighted by Crippen LogP contribution is -2.30. The second-order valence-electron chi connectivity index (χ2n) is 7.94. The molecule has 0 aliphatic rings. The summed E-state index contributed by atoms with van der Waals surface area (Å²) in [6.45, 7) is 4.03. The lowest BCUT2D eigenvalue weighted by molar-refractivity contribution is 0.400. The molecule has 0 heterocycles. The van der Waals surface area contributed by atoms with Gasteiger partial charge in [-0.05, 0) is 60.4 Å². The third-order valence-corrected chi connectivity index (χ3v) is 8.95. The lowest BCUT2D eigenvalue weighted by atomic mass is 10.1. The Morgan fingerprint density at radius 1 is 0.625 bits per heavy atom. The third-order valence-electron chi connectivity index (χ3n) is 5.35. The maximum Gasteiger partial charge on any atom is 0.243 e. The van der Waals surface area contributed by atoms with Crippen LogP contribution in [0.15, 0.2) is 82.6 Å². The maximum absolute atomic E-state index is 13.6. The minimum atomic E-state index is -3.83. The number of sulfonamides is 2. The van der Waals surface area contributed by atoms with Crippen LogP contribution in [-0.4, -0.2) is 39.5 Å². The standard InChI is InChI=1S/C24H28N2O4S2/c1-19-13-14-24(15-20(19)2)32(29,30)26(17-21-9-6-5-7-10-21)18-22-11-8-12-23(16-22)31(27,28)25(3)4/h5-16H,17-18H2,1-4H3. The maximum atomic E-state index is 13.6. The Bertz CT molecular complexity index is 1300. The summed E-state index contributed by atoms with van der Waals surface area (Å²) in [5, 5.41) is 0. The number of hydrogen-bond acceptors (Lipinski definition) is 4. The second-order valence-corrected chi connectivity index (χ2v) is 12.0. The van der Waals surface area contributed by atoms with Crippen molar-refractivity contribution in [3.63, 3.8) is 0 Å². The smallest absolute Gasteiger partial charge is 0.207 e. The number of nitrogens with zero attached hydrogens (tertiary/aromatic N) is 2. The summed E-state index contributed by atoms with van der Waals surface area (Å²) in [5.41, 5.74) is 3.35. The molecule has 0 unspecified atom stereocenters. The van der Waals surface area contributed by atoms with Crippen LogP contribution < -0.4 is 0 Å². The van der Waals surface area contributed by atoms with Crippen molar-refractivity contribution in [2.45, 2.75) is 36.7 Å². The first-order chi connectivity index (χ1) is 15.0. The van der Waals surface area contributed by atoms with E-state index in [1.165, 1.54) is 30.5 Å². The van der Waals surface area contributed by atoms with Crippen molar-refractivity contribution >= 4 is 20.0 Å². The van der Waals surface area contributed by atoms with Gasteiger partial charge in [-0.3, -0.25) is 0 Å². The van der Waals surface area contributed by atoms with E-state index in [0.717, 1.165) is 21.0 Å². The minimum absolute atomic E-state index is 0.0426. The molecule has 0 bridgehead atoms. The molecule has 170 valence electrons. The zero-order valence-corrected chi connectivity index (χ0v) is 20.3. The van der Waals surface area contributed by atoms with Gasteiger partial charge in [-0.2, -0.15) is 4.31 Å². The molecule has 0 aromatic heterocycles. The Labute approximate surface area is 191 Å². The lowest BCUT2D eigenvalue weighted by Gasteiger charge is -2.23. The number of benzene rings is 3. The van der Waals surface area contributed by atoms with E-state index in [0.29, 0.717) is 5.56 Å². The zero-order valence-electron chi connectivity index (χ0n) is 18.7. The molecule has 0 amide bonds. The van der Waals surface area contributed by atoms with Gasteiger partial charge in [-0.25, -0.2) is 21.1 Å². The minimum Gasteiger partial charge on any atom is -0.207 e. The average molecular weight is 473 g/mol. The van der Waals surface area contributed by atoms with Crippen molar-refractivity contribution in [2.24, 2.45) is 0 Å².